The van der Waals surface area contributed by atoms with E-state index in [1.54, 1.807) is 0 Å². The predicted octanol–water partition coefficient (Wildman–Crippen LogP) is 1.52. The van der Waals surface area contributed by atoms with Crippen LogP contribution in [0.1, 0.15) is 53.4 Å². The molecule has 57 heavy (non-hydrogen) atoms. The first-order chi connectivity index (χ1) is 27.5. The number of hydrogen-bond acceptors (Lipinski definition) is 18. The van der Waals surface area contributed by atoms with Crippen molar-refractivity contribution in [2.75, 3.05) is 112 Å². The first-order valence-corrected chi connectivity index (χ1v) is 19.4. The first-order valence-electron chi connectivity index (χ1n) is 19.0. The van der Waals surface area contributed by atoms with Gasteiger partial charge in [-0.2, -0.15) is 0 Å². The molecule has 1 heterocycles. The van der Waals surface area contributed by atoms with Crippen LogP contribution < -0.4 is 10.6 Å². The molecule has 0 saturated carbocycles. The van der Waals surface area contributed by atoms with Crippen LogP contribution in [0.25, 0.3) is 10.4 Å². The highest BCUT2D eigenvalue weighted by molar-refractivity contribution is 7.80. The second kappa shape index (κ2) is 34.6. The summed E-state index contributed by atoms with van der Waals surface area (Å²) in [5.74, 6) is -2.70. The molecule has 0 aliphatic carbocycles. The fourth-order valence-electron chi connectivity index (χ4n) is 4.96. The van der Waals surface area contributed by atoms with Crippen molar-refractivity contribution >= 4 is 41.2 Å². The summed E-state index contributed by atoms with van der Waals surface area (Å²) in [7, 11) is 0. The number of azide groups is 1. The van der Waals surface area contributed by atoms with Gasteiger partial charge in [-0.15, -0.1) is 0 Å². The highest BCUT2D eigenvalue weighted by Crippen LogP contribution is 2.30. The average molecular weight is 840 g/mol. The lowest BCUT2D eigenvalue weighted by molar-refractivity contribution is -0.308. The number of nitrogens with zero attached hydrogens (tertiary/aromatic N) is 3. The molecule has 0 aromatic carbocycles. The molecule has 1 saturated heterocycles. The van der Waals surface area contributed by atoms with Crippen LogP contribution in [-0.2, 0) is 76.0 Å². The number of hydrogen-bond donors (Lipinski definition) is 2. The predicted molar refractivity (Wildman–Crippen MR) is 204 cm³/mol. The number of ether oxygens (including phenoxy) is 12. The van der Waals surface area contributed by atoms with Crippen molar-refractivity contribution in [1.82, 2.24) is 10.6 Å². The molecule has 2 N–H and O–H groups in total. The van der Waals surface area contributed by atoms with Gasteiger partial charge < -0.3 is 67.5 Å². The monoisotopic (exact) mass is 839 g/mol. The molecular weight excluding hydrogens is 778 g/mol. The summed E-state index contributed by atoms with van der Waals surface area (Å²) < 4.78 is 65.7. The van der Waals surface area contributed by atoms with E-state index >= 15 is 0 Å². The molecule has 328 valence electrons. The van der Waals surface area contributed by atoms with Crippen LogP contribution in [-0.4, -0.2) is 172 Å². The van der Waals surface area contributed by atoms with E-state index in [9.17, 15) is 19.2 Å². The molecular formula is C35H61N5O16S. The number of nitrogens with one attached hydrogen (secondary N) is 2. The van der Waals surface area contributed by atoms with E-state index in [1.807, 2.05) is 0 Å². The summed E-state index contributed by atoms with van der Waals surface area (Å²) in [6.45, 7) is 11.5. The van der Waals surface area contributed by atoms with Crippen LogP contribution in [0.5, 0.6) is 0 Å². The highest BCUT2D eigenvalue weighted by atomic mass is 32.1. The van der Waals surface area contributed by atoms with Gasteiger partial charge in [-0.25, -0.2) is 0 Å². The van der Waals surface area contributed by atoms with Gasteiger partial charge in [0.05, 0.1) is 79.3 Å². The standard InChI is InChI=1S/C35H61N5O16S/c1-26(41)52-25-30-31(53-27(2)42)32(54-28(3)43)33(55-29(4)44)34(56-30)51-12-8-6-5-7-9-37-35(57)38-10-13-45-15-17-47-19-21-49-23-24-50-22-20-48-18-16-46-14-11-39-40-36/h30-34H,5-25H2,1-4H3,(H2,37,38,57)/t30-,31-,32+,33+,34+/m1/s1. The van der Waals surface area contributed by atoms with Crippen LogP contribution in [0.2, 0.25) is 0 Å². The second-order valence-corrected chi connectivity index (χ2v) is 12.6. The maximum atomic E-state index is 12.0. The van der Waals surface area contributed by atoms with Gasteiger partial charge in [-0.1, -0.05) is 18.0 Å². The van der Waals surface area contributed by atoms with Crippen LogP contribution in [0.4, 0.5) is 0 Å². The number of esters is 4. The molecule has 21 nitrogen and oxygen atoms in total. The van der Waals surface area contributed by atoms with Gasteiger partial charge in [-0.3, -0.25) is 19.2 Å². The minimum Gasteiger partial charge on any atom is -0.463 e. The van der Waals surface area contributed by atoms with Crippen LogP contribution in [0, 0.1) is 0 Å². The van der Waals surface area contributed by atoms with Gasteiger partial charge in [0.15, 0.2) is 29.7 Å². The van der Waals surface area contributed by atoms with E-state index < -0.39 is 54.6 Å². The summed E-state index contributed by atoms with van der Waals surface area (Å²) in [6, 6.07) is 0. The normalized spacial score (nSPS) is 18.8. The molecule has 1 aliphatic heterocycles. The highest BCUT2D eigenvalue weighted by Gasteiger charge is 2.52. The summed E-state index contributed by atoms with van der Waals surface area (Å²) in [6.07, 6.45) is -2.83. The van der Waals surface area contributed by atoms with Crippen molar-refractivity contribution in [2.45, 2.75) is 84.1 Å². The van der Waals surface area contributed by atoms with Crippen molar-refractivity contribution < 1.29 is 76.0 Å². The fourth-order valence-corrected chi connectivity index (χ4v) is 5.16. The summed E-state index contributed by atoms with van der Waals surface area (Å²) in [5, 5.41) is 10.2. The van der Waals surface area contributed by atoms with Crippen molar-refractivity contribution in [3.63, 3.8) is 0 Å². The molecule has 0 aromatic rings. The van der Waals surface area contributed by atoms with E-state index in [0.717, 1.165) is 33.1 Å². The number of thiocarbonyl (C=S) groups is 1. The van der Waals surface area contributed by atoms with Gasteiger partial charge in [0.25, 0.3) is 0 Å². The minimum absolute atomic E-state index is 0.218. The second-order valence-electron chi connectivity index (χ2n) is 12.2. The molecule has 5 atom stereocenters. The lowest BCUT2D eigenvalue weighted by Crippen LogP contribution is -2.63. The maximum Gasteiger partial charge on any atom is 0.303 e. The molecule has 1 rings (SSSR count). The van der Waals surface area contributed by atoms with E-state index in [4.69, 9.17) is 74.6 Å². The average Bonchev–Trinajstić information content (AvgIpc) is 3.15. The summed E-state index contributed by atoms with van der Waals surface area (Å²) >= 11 is 5.32. The molecule has 0 aromatic heterocycles. The van der Waals surface area contributed by atoms with Crippen LogP contribution in [0.15, 0.2) is 5.11 Å². The number of carbonyl (C=O) groups excluding carboxylic acids is 4. The molecule has 0 bridgehead atoms. The van der Waals surface area contributed by atoms with Gasteiger partial charge in [0.1, 0.15) is 12.7 Å². The van der Waals surface area contributed by atoms with Crippen molar-refractivity contribution in [3.05, 3.63) is 10.4 Å². The third kappa shape index (κ3) is 28.6. The number of rotatable bonds is 34. The van der Waals surface area contributed by atoms with Crippen LogP contribution in [0.3, 0.4) is 0 Å². The largest absolute Gasteiger partial charge is 0.463 e. The molecule has 1 aliphatic rings. The minimum atomic E-state index is -1.27. The van der Waals surface area contributed by atoms with Crippen molar-refractivity contribution in [2.24, 2.45) is 5.11 Å². The summed E-state index contributed by atoms with van der Waals surface area (Å²) in [5.41, 5.74) is 8.16. The van der Waals surface area contributed by atoms with E-state index in [0.29, 0.717) is 110 Å². The maximum absolute atomic E-state index is 12.0. The zero-order valence-electron chi connectivity index (χ0n) is 33.5. The van der Waals surface area contributed by atoms with Crippen molar-refractivity contribution in [1.29, 1.82) is 0 Å². The third-order valence-corrected chi connectivity index (χ3v) is 7.67. The van der Waals surface area contributed by atoms with Gasteiger partial charge in [0, 0.05) is 58.8 Å². The Labute approximate surface area is 339 Å². The number of carbonyl (C=O) groups is 4. The van der Waals surface area contributed by atoms with E-state index in [1.165, 1.54) is 13.8 Å². The molecule has 0 unspecified atom stereocenters. The molecule has 1 fully saturated rings. The van der Waals surface area contributed by atoms with Crippen molar-refractivity contribution in [3.8, 4) is 0 Å². The molecule has 0 spiro atoms. The van der Waals surface area contributed by atoms with Gasteiger partial charge in [-0.05, 0) is 30.6 Å². The Morgan fingerprint density at radius 3 is 1.60 bits per heavy atom. The lowest BCUT2D eigenvalue weighted by atomic mass is 9.98. The first kappa shape index (κ1) is 51.6. The lowest BCUT2D eigenvalue weighted by Gasteiger charge is -2.44. The van der Waals surface area contributed by atoms with Crippen LogP contribution >= 0.6 is 12.2 Å². The third-order valence-electron chi connectivity index (χ3n) is 7.38. The summed E-state index contributed by atoms with van der Waals surface area (Å²) in [4.78, 5) is 49.9. The Hall–Kier alpha value is -3.44. The quantitative estimate of drug-likeness (QED) is 0.0177. The number of unbranched alkanes of at least 4 members (excludes halogenated alkanes) is 3. The van der Waals surface area contributed by atoms with Gasteiger partial charge in [0.2, 0.25) is 0 Å². The Kier molecular flexibility index (Phi) is 31.3. The Balaban J connectivity index is 2.11. The zero-order chi connectivity index (χ0) is 41.9. The Morgan fingerprint density at radius 1 is 0.596 bits per heavy atom. The molecule has 22 heteroatoms. The topological polar surface area (TPSA) is 252 Å². The SMILES string of the molecule is CC(=O)OC[C@H]1O[C@H](OCCCCCCNC(=S)NCCOCCOCCOCCOCCOCCOCCN=[N+]=[N-])[C@@H](OC(C)=O)[C@@H](OC(C)=O)[C@@H]1OC(C)=O. The Bertz CT molecular complexity index is 1180. The van der Waals surface area contributed by atoms with E-state index in [2.05, 4.69) is 20.7 Å². The fraction of sp³-hybridized carbons (Fsp3) is 0.857. The zero-order valence-corrected chi connectivity index (χ0v) is 34.3. The molecule has 0 radical (unpaired) electrons. The molecule has 0 amide bonds. The van der Waals surface area contributed by atoms with E-state index in [-0.39, 0.29) is 13.2 Å². The van der Waals surface area contributed by atoms with Gasteiger partial charge >= 0.3 is 23.9 Å². The Morgan fingerprint density at radius 2 is 1.07 bits per heavy atom. The smallest absolute Gasteiger partial charge is 0.303 e.